The van der Waals surface area contributed by atoms with Gasteiger partial charge in [0.2, 0.25) is 0 Å². The summed E-state index contributed by atoms with van der Waals surface area (Å²) < 4.78 is 0. The van der Waals surface area contributed by atoms with Gasteiger partial charge in [-0.05, 0) is 25.7 Å². The van der Waals surface area contributed by atoms with Gasteiger partial charge in [-0.15, -0.1) is 0 Å². The van der Waals surface area contributed by atoms with Crippen molar-refractivity contribution in [3.05, 3.63) is 0 Å². The van der Waals surface area contributed by atoms with Crippen molar-refractivity contribution in [2.75, 3.05) is 0 Å². The predicted molar refractivity (Wildman–Crippen MR) is 78.8 cm³/mol. The zero-order valence-electron chi connectivity index (χ0n) is 12.5. The van der Waals surface area contributed by atoms with Crippen LogP contribution in [0.5, 0.6) is 0 Å². The molecule has 2 nitrogen and oxygen atoms in total. The second-order valence-corrected chi connectivity index (χ2v) is 5.56. The summed E-state index contributed by atoms with van der Waals surface area (Å²) in [7, 11) is 0. The minimum absolute atomic E-state index is 0.0709. The van der Waals surface area contributed by atoms with Crippen molar-refractivity contribution in [3.8, 4) is 0 Å². The predicted octanol–water partition coefficient (Wildman–Crippen LogP) is 4.43. The molecular formula is C16H34O2. The number of aliphatic hydroxyl groups is 2. The number of unbranched alkanes of at least 4 members (excludes halogenated alkanes) is 6. The molecule has 18 heavy (non-hydrogen) atoms. The van der Waals surface area contributed by atoms with Crippen LogP contribution >= 0.6 is 0 Å². The topological polar surface area (TPSA) is 40.5 Å². The van der Waals surface area contributed by atoms with Crippen LogP contribution in [0.4, 0.5) is 0 Å². The van der Waals surface area contributed by atoms with Gasteiger partial charge in [0.05, 0.1) is 12.2 Å². The van der Waals surface area contributed by atoms with Crippen molar-refractivity contribution in [2.24, 2.45) is 0 Å². The lowest BCUT2D eigenvalue weighted by atomic mass is 10.0. The van der Waals surface area contributed by atoms with E-state index in [0.717, 1.165) is 38.5 Å². The van der Waals surface area contributed by atoms with Crippen LogP contribution in [-0.2, 0) is 0 Å². The van der Waals surface area contributed by atoms with Crippen LogP contribution < -0.4 is 0 Å². The van der Waals surface area contributed by atoms with Gasteiger partial charge in [0.1, 0.15) is 0 Å². The molecule has 0 aromatic rings. The fourth-order valence-corrected chi connectivity index (χ4v) is 2.27. The van der Waals surface area contributed by atoms with Crippen molar-refractivity contribution < 1.29 is 10.2 Å². The Labute approximate surface area is 114 Å². The normalized spacial score (nSPS) is 14.7. The van der Waals surface area contributed by atoms with Gasteiger partial charge in [-0.25, -0.2) is 0 Å². The minimum Gasteiger partial charge on any atom is -0.393 e. The molecule has 2 atom stereocenters. The molecule has 0 spiro atoms. The molecule has 2 unspecified atom stereocenters. The zero-order chi connectivity index (χ0) is 13.6. The first-order chi connectivity index (χ1) is 8.70. The Bertz CT molecular complexity index is 159. The highest BCUT2D eigenvalue weighted by molar-refractivity contribution is 4.57. The lowest BCUT2D eigenvalue weighted by Gasteiger charge is -2.10. The van der Waals surface area contributed by atoms with E-state index >= 15 is 0 Å². The van der Waals surface area contributed by atoms with Crippen LogP contribution in [0.1, 0.15) is 90.9 Å². The first-order valence-corrected chi connectivity index (χ1v) is 8.06. The molecule has 0 aromatic heterocycles. The maximum absolute atomic E-state index is 9.75. The highest BCUT2D eigenvalue weighted by atomic mass is 16.3. The Balaban J connectivity index is 3.14. The molecule has 0 heterocycles. The third kappa shape index (κ3) is 12.4. The molecule has 0 saturated carbocycles. The summed E-state index contributed by atoms with van der Waals surface area (Å²) in [5.74, 6) is 0. The molecule has 0 saturated heterocycles. The van der Waals surface area contributed by atoms with Gasteiger partial charge in [0, 0.05) is 0 Å². The van der Waals surface area contributed by atoms with Gasteiger partial charge in [0.25, 0.3) is 0 Å². The molecule has 0 aliphatic heterocycles. The van der Waals surface area contributed by atoms with E-state index in [-0.39, 0.29) is 12.2 Å². The zero-order valence-corrected chi connectivity index (χ0v) is 12.5. The molecule has 0 radical (unpaired) electrons. The molecule has 0 fully saturated rings. The standard InChI is InChI=1S/C16H34O2/c1-3-5-9-13-16(18)14-11-8-6-7-10-12-15(17)4-2/h15-18H,3-14H2,1-2H3. The van der Waals surface area contributed by atoms with Gasteiger partial charge in [-0.2, -0.15) is 0 Å². The van der Waals surface area contributed by atoms with Crippen LogP contribution in [0, 0.1) is 0 Å². The third-order valence-electron chi connectivity index (χ3n) is 3.69. The SMILES string of the molecule is CCCCCC(O)CCCCCCCC(O)CC. The summed E-state index contributed by atoms with van der Waals surface area (Å²) in [6, 6.07) is 0. The summed E-state index contributed by atoms with van der Waals surface area (Å²) in [5, 5.41) is 19.2. The quantitative estimate of drug-likeness (QED) is 0.480. The van der Waals surface area contributed by atoms with Gasteiger partial charge in [-0.1, -0.05) is 65.2 Å². The van der Waals surface area contributed by atoms with E-state index < -0.39 is 0 Å². The van der Waals surface area contributed by atoms with Crippen LogP contribution in [-0.4, -0.2) is 22.4 Å². The lowest BCUT2D eigenvalue weighted by molar-refractivity contribution is 0.146. The Morgan fingerprint density at radius 3 is 1.56 bits per heavy atom. The second kappa shape index (κ2) is 13.4. The first-order valence-electron chi connectivity index (χ1n) is 8.06. The van der Waals surface area contributed by atoms with Crippen molar-refractivity contribution in [1.82, 2.24) is 0 Å². The second-order valence-electron chi connectivity index (χ2n) is 5.56. The number of rotatable bonds is 13. The maximum Gasteiger partial charge on any atom is 0.0540 e. The Morgan fingerprint density at radius 2 is 1.06 bits per heavy atom. The van der Waals surface area contributed by atoms with Crippen molar-refractivity contribution >= 4 is 0 Å². The molecule has 2 N–H and O–H groups in total. The van der Waals surface area contributed by atoms with Crippen LogP contribution in [0.2, 0.25) is 0 Å². The van der Waals surface area contributed by atoms with E-state index in [1.54, 1.807) is 0 Å². The summed E-state index contributed by atoms with van der Waals surface area (Å²) in [4.78, 5) is 0. The molecule has 0 rings (SSSR count). The van der Waals surface area contributed by atoms with Gasteiger partial charge >= 0.3 is 0 Å². The third-order valence-corrected chi connectivity index (χ3v) is 3.69. The van der Waals surface area contributed by atoms with Crippen molar-refractivity contribution in [2.45, 2.75) is 103 Å². The molecule has 0 amide bonds. The van der Waals surface area contributed by atoms with Crippen LogP contribution in [0.15, 0.2) is 0 Å². The van der Waals surface area contributed by atoms with Crippen LogP contribution in [0.3, 0.4) is 0 Å². The fraction of sp³-hybridized carbons (Fsp3) is 1.00. The minimum atomic E-state index is -0.0922. The average Bonchev–Trinajstić information content (AvgIpc) is 2.37. The van der Waals surface area contributed by atoms with E-state index in [9.17, 15) is 10.2 Å². The fourth-order valence-electron chi connectivity index (χ4n) is 2.27. The lowest BCUT2D eigenvalue weighted by Crippen LogP contribution is -2.06. The smallest absolute Gasteiger partial charge is 0.0540 e. The van der Waals surface area contributed by atoms with E-state index in [1.807, 2.05) is 6.92 Å². The first kappa shape index (κ1) is 17.9. The number of hydrogen-bond donors (Lipinski definition) is 2. The van der Waals surface area contributed by atoms with E-state index in [1.165, 1.54) is 38.5 Å². The van der Waals surface area contributed by atoms with Gasteiger partial charge in [0.15, 0.2) is 0 Å². The average molecular weight is 258 g/mol. The summed E-state index contributed by atoms with van der Waals surface area (Å²) in [6.45, 7) is 4.23. The van der Waals surface area contributed by atoms with Crippen molar-refractivity contribution in [1.29, 1.82) is 0 Å². The van der Waals surface area contributed by atoms with E-state index in [2.05, 4.69) is 6.92 Å². The molecule has 110 valence electrons. The molecule has 0 aromatic carbocycles. The Morgan fingerprint density at radius 1 is 0.611 bits per heavy atom. The molecule has 0 aliphatic rings. The van der Waals surface area contributed by atoms with Crippen molar-refractivity contribution in [3.63, 3.8) is 0 Å². The van der Waals surface area contributed by atoms with E-state index in [0.29, 0.717) is 0 Å². The Kier molecular flexibility index (Phi) is 13.3. The highest BCUT2D eigenvalue weighted by Crippen LogP contribution is 2.13. The van der Waals surface area contributed by atoms with Crippen LogP contribution in [0.25, 0.3) is 0 Å². The highest BCUT2D eigenvalue weighted by Gasteiger charge is 2.03. The number of hydrogen-bond acceptors (Lipinski definition) is 2. The summed E-state index contributed by atoms with van der Waals surface area (Å²) in [6.07, 6.45) is 13.3. The van der Waals surface area contributed by atoms with Gasteiger partial charge < -0.3 is 10.2 Å². The largest absolute Gasteiger partial charge is 0.393 e. The maximum atomic E-state index is 9.75. The Hall–Kier alpha value is -0.0800. The molecule has 0 bridgehead atoms. The van der Waals surface area contributed by atoms with E-state index in [4.69, 9.17) is 0 Å². The molecule has 0 aliphatic carbocycles. The monoisotopic (exact) mass is 258 g/mol. The summed E-state index contributed by atoms with van der Waals surface area (Å²) in [5.41, 5.74) is 0. The van der Waals surface area contributed by atoms with Gasteiger partial charge in [-0.3, -0.25) is 0 Å². The molecular weight excluding hydrogens is 224 g/mol. The molecule has 2 heteroatoms. The summed E-state index contributed by atoms with van der Waals surface area (Å²) >= 11 is 0. The number of aliphatic hydroxyl groups excluding tert-OH is 2.